The van der Waals surface area contributed by atoms with E-state index < -0.39 is 0 Å². The number of rotatable bonds is 3. The maximum atomic E-state index is 11.2. The molecule has 0 radical (unpaired) electrons. The van der Waals surface area contributed by atoms with Crippen LogP contribution in [0.4, 0.5) is 0 Å². The van der Waals surface area contributed by atoms with Crippen molar-refractivity contribution >= 4 is 28.7 Å². The summed E-state index contributed by atoms with van der Waals surface area (Å²) in [6.45, 7) is 5.29. The van der Waals surface area contributed by atoms with Crippen LogP contribution in [0.3, 0.4) is 0 Å². The van der Waals surface area contributed by atoms with Crippen molar-refractivity contribution in [2.75, 3.05) is 0 Å². The maximum Gasteiger partial charge on any atom is 0.163 e. The lowest BCUT2D eigenvalue weighted by atomic mass is 10.1. The first kappa shape index (κ1) is 9.49. The van der Waals surface area contributed by atoms with E-state index in [0.717, 1.165) is 4.88 Å². The van der Waals surface area contributed by atoms with E-state index in [2.05, 4.69) is 6.58 Å². The number of hydrogen-bond acceptors (Lipinski definition) is 2. The molecule has 0 amide bonds. The van der Waals surface area contributed by atoms with Crippen molar-refractivity contribution in [1.29, 1.82) is 0 Å². The summed E-state index contributed by atoms with van der Waals surface area (Å²) in [6, 6.07) is 1.80. The summed E-state index contributed by atoms with van der Waals surface area (Å²) >= 11 is 7.32. The molecule has 1 aromatic rings. The van der Waals surface area contributed by atoms with Crippen molar-refractivity contribution in [2.24, 2.45) is 0 Å². The quantitative estimate of drug-likeness (QED) is 0.686. The summed E-state index contributed by atoms with van der Waals surface area (Å²) < 4.78 is 0. The van der Waals surface area contributed by atoms with Crippen molar-refractivity contribution in [3.05, 3.63) is 33.5 Å². The second-order valence-electron chi connectivity index (χ2n) is 2.57. The van der Waals surface area contributed by atoms with E-state index in [4.69, 9.17) is 11.6 Å². The number of hydrogen-bond donors (Lipinski definition) is 0. The zero-order chi connectivity index (χ0) is 9.14. The summed E-state index contributed by atoms with van der Waals surface area (Å²) in [7, 11) is 0. The van der Waals surface area contributed by atoms with Crippen molar-refractivity contribution < 1.29 is 4.79 Å². The van der Waals surface area contributed by atoms with Gasteiger partial charge in [-0.15, -0.1) is 11.3 Å². The van der Waals surface area contributed by atoms with Gasteiger partial charge in [0.25, 0.3) is 0 Å². The number of halogens is 1. The number of carbonyl (C=O) groups is 1. The Morgan fingerprint density at radius 1 is 1.75 bits per heavy atom. The minimum absolute atomic E-state index is 0.0550. The molecular weight excluding hydrogens is 192 g/mol. The molecule has 0 saturated carbocycles. The predicted molar refractivity (Wildman–Crippen MR) is 52.9 cm³/mol. The molecule has 64 valence electrons. The molecule has 0 spiro atoms. The van der Waals surface area contributed by atoms with Crippen LogP contribution in [0.15, 0.2) is 23.6 Å². The Hall–Kier alpha value is -0.600. The monoisotopic (exact) mass is 200 g/mol. The molecular formula is C9H9ClOS. The molecule has 0 aromatic carbocycles. The zero-order valence-corrected chi connectivity index (χ0v) is 8.34. The fourth-order valence-electron chi connectivity index (χ4n) is 0.748. The van der Waals surface area contributed by atoms with Crippen LogP contribution < -0.4 is 0 Å². The van der Waals surface area contributed by atoms with Gasteiger partial charge in [-0.05, 0) is 23.9 Å². The van der Waals surface area contributed by atoms with Crippen molar-refractivity contribution in [3.8, 4) is 0 Å². The largest absolute Gasteiger partial charge is 0.294 e. The first-order valence-corrected chi connectivity index (χ1v) is 4.77. The fraction of sp³-hybridized carbons (Fsp3) is 0.222. The van der Waals surface area contributed by atoms with Crippen LogP contribution in [-0.2, 0) is 11.2 Å². The molecule has 0 aliphatic rings. The fourth-order valence-corrected chi connectivity index (χ4v) is 1.85. The Kier molecular flexibility index (Phi) is 3.06. The summed E-state index contributed by atoms with van der Waals surface area (Å²) in [4.78, 5) is 12.1. The summed E-state index contributed by atoms with van der Waals surface area (Å²) in [6.07, 6.45) is 0.381. The Morgan fingerprint density at radius 3 is 2.83 bits per heavy atom. The number of ketones is 1. The smallest absolute Gasteiger partial charge is 0.163 e. The summed E-state index contributed by atoms with van der Waals surface area (Å²) in [5.74, 6) is 0.0550. The van der Waals surface area contributed by atoms with Gasteiger partial charge in [0.1, 0.15) is 0 Å². The van der Waals surface area contributed by atoms with Gasteiger partial charge in [-0.3, -0.25) is 4.79 Å². The summed E-state index contributed by atoms with van der Waals surface area (Å²) in [5.41, 5.74) is 0.583. The lowest BCUT2D eigenvalue weighted by Gasteiger charge is -1.96. The van der Waals surface area contributed by atoms with Crippen molar-refractivity contribution in [1.82, 2.24) is 0 Å². The van der Waals surface area contributed by atoms with E-state index in [9.17, 15) is 4.79 Å². The average Bonchev–Trinajstić information content (AvgIpc) is 2.36. The lowest BCUT2D eigenvalue weighted by Crippen LogP contribution is -2.01. The third kappa shape index (κ3) is 2.19. The lowest BCUT2D eigenvalue weighted by molar-refractivity contribution is -0.114. The number of thiophene rings is 1. The number of allylic oxidation sites excluding steroid dienone is 1. The van der Waals surface area contributed by atoms with E-state index in [1.807, 2.05) is 5.38 Å². The van der Waals surface area contributed by atoms with Crippen LogP contribution in [0.2, 0.25) is 5.02 Å². The molecule has 0 aliphatic carbocycles. The number of Topliss-reactive ketones (excluding diaryl/α,β-unsaturated/α-hetero) is 1. The predicted octanol–water partition coefficient (Wildman–Crippen LogP) is 3.09. The highest BCUT2D eigenvalue weighted by Crippen LogP contribution is 2.23. The molecule has 1 rings (SSSR count). The SMILES string of the molecule is C=C(C)C(=O)Cc1sccc1Cl. The first-order chi connectivity index (χ1) is 5.61. The third-order valence-electron chi connectivity index (χ3n) is 1.49. The van der Waals surface area contributed by atoms with Gasteiger partial charge in [-0.2, -0.15) is 0 Å². The van der Waals surface area contributed by atoms with E-state index in [1.54, 1.807) is 13.0 Å². The van der Waals surface area contributed by atoms with E-state index in [1.165, 1.54) is 11.3 Å². The highest BCUT2D eigenvalue weighted by molar-refractivity contribution is 7.10. The molecule has 0 N–H and O–H groups in total. The molecule has 0 bridgehead atoms. The molecule has 0 aliphatic heterocycles. The topological polar surface area (TPSA) is 17.1 Å². The molecule has 12 heavy (non-hydrogen) atoms. The highest BCUT2D eigenvalue weighted by atomic mass is 35.5. The van der Waals surface area contributed by atoms with Crippen LogP contribution in [0.1, 0.15) is 11.8 Å². The molecule has 0 atom stereocenters. The Bertz CT molecular complexity index is 314. The van der Waals surface area contributed by atoms with Gasteiger partial charge in [0, 0.05) is 11.3 Å². The Morgan fingerprint density at radius 2 is 2.42 bits per heavy atom. The van der Waals surface area contributed by atoms with Gasteiger partial charge >= 0.3 is 0 Å². The normalized spacial score (nSPS) is 9.83. The minimum Gasteiger partial charge on any atom is -0.294 e. The van der Waals surface area contributed by atoms with Gasteiger partial charge in [-0.25, -0.2) is 0 Å². The molecule has 0 fully saturated rings. The van der Waals surface area contributed by atoms with Gasteiger partial charge in [0.15, 0.2) is 5.78 Å². The van der Waals surface area contributed by atoms with Gasteiger partial charge in [0.05, 0.1) is 5.02 Å². The van der Waals surface area contributed by atoms with Crippen molar-refractivity contribution in [3.63, 3.8) is 0 Å². The van der Waals surface area contributed by atoms with Crippen LogP contribution in [-0.4, -0.2) is 5.78 Å². The number of carbonyl (C=O) groups excluding carboxylic acids is 1. The molecule has 1 nitrogen and oxygen atoms in total. The van der Waals surface area contributed by atoms with Crippen LogP contribution in [0, 0.1) is 0 Å². The minimum atomic E-state index is 0.0550. The first-order valence-electron chi connectivity index (χ1n) is 3.52. The van der Waals surface area contributed by atoms with Gasteiger partial charge in [0.2, 0.25) is 0 Å². The van der Waals surface area contributed by atoms with Crippen molar-refractivity contribution in [2.45, 2.75) is 13.3 Å². The molecule has 1 heterocycles. The average molecular weight is 201 g/mol. The molecule has 0 saturated heterocycles. The second kappa shape index (κ2) is 3.87. The zero-order valence-electron chi connectivity index (χ0n) is 6.76. The van der Waals surface area contributed by atoms with E-state index >= 15 is 0 Å². The van der Waals surface area contributed by atoms with Gasteiger partial charge < -0.3 is 0 Å². The standard InChI is InChI=1S/C9H9ClOS/c1-6(2)8(11)5-9-7(10)3-4-12-9/h3-4H,1,5H2,2H3. The summed E-state index contributed by atoms with van der Waals surface area (Å²) in [5, 5.41) is 2.55. The third-order valence-corrected chi connectivity index (χ3v) is 2.88. The Labute approximate surface area is 80.7 Å². The van der Waals surface area contributed by atoms with Crippen LogP contribution in [0.5, 0.6) is 0 Å². The second-order valence-corrected chi connectivity index (χ2v) is 3.98. The van der Waals surface area contributed by atoms with E-state index in [-0.39, 0.29) is 5.78 Å². The van der Waals surface area contributed by atoms with Gasteiger partial charge in [-0.1, -0.05) is 18.2 Å². The molecule has 0 unspecified atom stereocenters. The van der Waals surface area contributed by atoms with E-state index in [0.29, 0.717) is 17.0 Å². The van der Waals surface area contributed by atoms with Crippen LogP contribution in [0.25, 0.3) is 0 Å². The van der Waals surface area contributed by atoms with Crippen LogP contribution >= 0.6 is 22.9 Å². The Balaban J connectivity index is 2.71. The molecule has 3 heteroatoms. The highest BCUT2D eigenvalue weighted by Gasteiger charge is 2.08. The molecule has 1 aromatic heterocycles. The maximum absolute atomic E-state index is 11.2.